The number of carbonyl (C=O) groups is 1. The number of rotatable bonds is 4. The Bertz CT molecular complexity index is 255. The van der Waals surface area contributed by atoms with Gasteiger partial charge in [0, 0.05) is 12.4 Å². The molecule has 3 heteroatoms. The zero-order chi connectivity index (χ0) is 8.97. The normalized spacial score (nSPS) is 12.5. The van der Waals surface area contributed by atoms with Gasteiger partial charge in [-0.15, -0.1) is 0 Å². The van der Waals surface area contributed by atoms with Crippen LogP contribution in [-0.2, 0) is 16.0 Å². The van der Waals surface area contributed by atoms with Crippen LogP contribution in [0.5, 0.6) is 0 Å². The van der Waals surface area contributed by atoms with Crippen molar-refractivity contribution < 1.29 is 9.53 Å². The topological polar surface area (TPSA) is 31.2 Å². The minimum Gasteiger partial charge on any atom is -0.444 e. The van der Waals surface area contributed by atoms with E-state index < -0.39 is 0 Å². The second kappa shape index (κ2) is 3.95. The van der Waals surface area contributed by atoms with Crippen molar-refractivity contribution in [3.63, 3.8) is 0 Å². The van der Waals surface area contributed by atoms with Gasteiger partial charge in [-0.25, -0.2) is 0 Å². The molecule has 3 nitrogen and oxygen atoms in total. The molecule has 0 aliphatic heterocycles. The highest BCUT2D eigenvalue weighted by Crippen LogP contribution is 2.09. The van der Waals surface area contributed by atoms with Crippen molar-refractivity contribution in [3.05, 3.63) is 24.0 Å². The Labute approximate surface area is 72.0 Å². The van der Waals surface area contributed by atoms with Gasteiger partial charge >= 0.3 is 0 Å². The molecule has 1 heterocycles. The van der Waals surface area contributed by atoms with E-state index in [4.69, 9.17) is 4.74 Å². The average molecular weight is 167 g/mol. The van der Waals surface area contributed by atoms with Gasteiger partial charge < -0.3 is 9.30 Å². The molecule has 1 aromatic rings. The number of hydrogen-bond acceptors (Lipinski definition) is 2. The van der Waals surface area contributed by atoms with Gasteiger partial charge in [0.25, 0.3) is 6.47 Å². The van der Waals surface area contributed by atoms with Crippen molar-refractivity contribution in [1.82, 2.24) is 4.57 Å². The van der Waals surface area contributed by atoms with Gasteiger partial charge in [-0.05, 0) is 25.0 Å². The summed E-state index contributed by atoms with van der Waals surface area (Å²) in [6.07, 6.45) is 4.69. The third-order valence-electron chi connectivity index (χ3n) is 1.86. The van der Waals surface area contributed by atoms with Crippen molar-refractivity contribution in [2.75, 3.05) is 0 Å². The van der Waals surface area contributed by atoms with E-state index in [-0.39, 0.29) is 6.23 Å². The van der Waals surface area contributed by atoms with Crippen LogP contribution in [0.2, 0.25) is 0 Å². The maximum atomic E-state index is 10.0. The van der Waals surface area contributed by atoms with Crippen LogP contribution in [0, 0.1) is 0 Å². The Balaban J connectivity index is 2.67. The number of nitrogens with zero attached hydrogens (tertiary/aromatic N) is 1. The van der Waals surface area contributed by atoms with Crippen molar-refractivity contribution in [2.45, 2.75) is 26.5 Å². The number of hydrogen-bond donors (Lipinski definition) is 0. The smallest absolute Gasteiger partial charge is 0.295 e. The standard InChI is InChI=1S/C9H13NO2/c1-3-9-4-5-10(6-9)8(2)12-7-11/h4-8H,3H2,1-2H3. The van der Waals surface area contributed by atoms with Crippen LogP contribution < -0.4 is 0 Å². The van der Waals surface area contributed by atoms with Crippen LogP contribution in [0.25, 0.3) is 0 Å². The molecule has 0 spiro atoms. The van der Waals surface area contributed by atoms with E-state index in [1.807, 2.05) is 30.0 Å². The molecule has 0 aromatic carbocycles. The molecule has 1 aromatic heterocycles. The Morgan fingerprint density at radius 2 is 2.50 bits per heavy atom. The Morgan fingerprint density at radius 1 is 1.75 bits per heavy atom. The highest BCUT2D eigenvalue weighted by atomic mass is 16.5. The lowest BCUT2D eigenvalue weighted by Crippen LogP contribution is -2.05. The third-order valence-corrected chi connectivity index (χ3v) is 1.86. The fraction of sp³-hybridized carbons (Fsp3) is 0.444. The quantitative estimate of drug-likeness (QED) is 0.639. The number of ether oxygens (including phenoxy) is 1. The molecule has 1 atom stereocenters. The van der Waals surface area contributed by atoms with Crippen molar-refractivity contribution >= 4 is 6.47 Å². The maximum absolute atomic E-state index is 10.0. The van der Waals surface area contributed by atoms with Gasteiger partial charge in [0.2, 0.25) is 0 Å². The lowest BCUT2D eigenvalue weighted by Gasteiger charge is -2.10. The van der Waals surface area contributed by atoms with Crippen molar-refractivity contribution in [2.24, 2.45) is 0 Å². The zero-order valence-corrected chi connectivity index (χ0v) is 7.36. The molecule has 0 amide bonds. The van der Waals surface area contributed by atoms with Crippen LogP contribution in [0.15, 0.2) is 18.5 Å². The maximum Gasteiger partial charge on any atom is 0.295 e. The summed E-state index contributed by atoms with van der Waals surface area (Å²) in [6.45, 7) is 4.38. The first kappa shape index (κ1) is 8.84. The minimum atomic E-state index is -0.206. The molecule has 0 radical (unpaired) electrons. The van der Waals surface area contributed by atoms with E-state index in [1.165, 1.54) is 5.56 Å². The predicted molar refractivity (Wildman–Crippen MR) is 45.7 cm³/mol. The minimum absolute atomic E-state index is 0.206. The lowest BCUT2D eigenvalue weighted by atomic mass is 10.3. The van der Waals surface area contributed by atoms with E-state index in [2.05, 4.69) is 6.92 Å². The second-order valence-corrected chi connectivity index (χ2v) is 2.65. The first-order chi connectivity index (χ1) is 5.77. The van der Waals surface area contributed by atoms with Crippen LogP contribution >= 0.6 is 0 Å². The lowest BCUT2D eigenvalue weighted by molar-refractivity contribution is -0.136. The van der Waals surface area contributed by atoms with Gasteiger partial charge in [0.15, 0.2) is 6.23 Å². The summed E-state index contributed by atoms with van der Waals surface area (Å²) >= 11 is 0. The molecule has 0 saturated heterocycles. The molecular formula is C9H13NO2. The van der Waals surface area contributed by atoms with Gasteiger partial charge in [0.1, 0.15) is 0 Å². The van der Waals surface area contributed by atoms with Gasteiger partial charge in [-0.3, -0.25) is 4.79 Å². The van der Waals surface area contributed by atoms with Crippen LogP contribution in [0.1, 0.15) is 25.6 Å². The molecular weight excluding hydrogens is 154 g/mol. The van der Waals surface area contributed by atoms with E-state index in [0.717, 1.165) is 6.42 Å². The van der Waals surface area contributed by atoms with E-state index in [1.54, 1.807) is 0 Å². The molecule has 0 N–H and O–H groups in total. The molecule has 1 unspecified atom stereocenters. The van der Waals surface area contributed by atoms with Crippen molar-refractivity contribution in [1.29, 1.82) is 0 Å². The summed E-state index contributed by atoms with van der Waals surface area (Å²) in [5, 5.41) is 0. The molecule has 66 valence electrons. The van der Waals surface area contributed by atoms with Crippen molar-refractivity contribution in [3.8, 4) is 0 Å². The average Bonchev–Trinajstić information content (AvgIpc) is 2.52. The second-order valence-electron chi connectivity index (χ2n) is 2.65. The summed E-state index contributed by atoms with van der Waals surface area (Å²) in [7, 11) is 0. The van der Waals surface area contributed by atoms with E-state index in [9.17, 15) is 4.79 Å². The summed E-state index contributed by atoms with van der Waals surface area (Å²) < 4.78 is 6.64. The SMILES string of the molecule is CCc1ccn(C(C)OC=O)c1. The van der Waals surface area contributed by atoms with Crippen LogP contribution in [0.3, 0.4) is 0 Å². The number of aromatic nitrogens is 1. The first-order valence-electron chi connectivity index (χ1n) is 4.03. The van der Waals surface area contributed by atoms with E-state index >= 15 is 0 Å². The van der Waals surface area contributed by atoms with Gasteiger partial charge in [-0.1, -0.05) is 6.92 Å². The van der Waals surface area contributed by atoms with Gasteiger partial charge in [0.05, 0.1) is 0 Å². The summed E-state index contributed by atoms with van der Waals surface area (Å²) in [5.41, 5.74) is 1.25. The molecule has 0 aliphatic carbocycles. The number of carbonyl (C=O) groups excluding carboxylic acids is 1. The molecule has 1 rings (SSSR count). The highest BCUT2D eigenvalue weighted by molar-refractivity contribution is 5.37. The zero-order valence-electron chi connectivity index (χ0n) is 7.36. The molecule has 0 fully saturated rings. The predicted octanol–water partition coefficient (Wildman–Crippen LogP) is 1.74. The summed E-state index contributed by atoms with van der Waals surface area (Å²) in [6, 6.07) is 2.02. The first-order valence-corrected chi connectivity index (χ1v) is 4.03. The Hall–Kier alpha value is -1.25. The molecule has 0 bridgehead atoms. The summed E-state index contributed by atoms with van der Waals surface area (Å²) in [5.74, 6) is 0. The Kier molecular flexibility index (Phi) is 2.91. The molecule has 0 saturated carbocycles. The fourth-order valence-electron chi connectivity index (χ4n) is 1.05. The monoisotopic (exact) mass is 167 g/mol. The third kappa shape index (κ3) is 1.87. The van der Waals surface area contributed by atoms with Gasteiger partial charge in [-0.2, -0.15) is 0 Å². The van der Waals surface area contributed by atoms with Crippen LogP contribution in [-0.4, -0.2) is 11.0 Å². The van der Waals surface area contributed by atoms with Crippen LogP contribution in [0.4, 0.5) is 0 Å². The fourth-order valence-corrected chi connectivity index (χ4v) is 1.05. The highest BCUT2D eigenvalue weighted by Gasteiger charge is 2.02. The molecule has 0 aliphatic rings. The van der Waals surface area contributed by atoms with E-state index in [0.29, 0.717) is 6.47 Å². The largest absolute Gasteiger partial charge is 0.444 e. The Morgan fingerprint density at radius 3 is 3.00 bits per heavy atom. The summed E-state index contributed by atoms with van der Waals surface area (Å²) in [4.78, 5) is 10.0. The number of aryl methyl sites for hydroxylation is 1. The molecule has 12 heavy (non-hydrogen) atoms.